The second-order valence-corrected chi connectivity index (χ2v) is 4.90. The molecule has 1 nitrogen and oxygen atoms in total. The molecule has 0 radical (unpaired) electrons. The van der Waals surface area contributed by atoms with Crippen LogP contribution in [0.15, 0.2) is 12.2 Å². The van der Waals surface area contributed by atoms with Gasteiger partial charge in [0.1, 0.15) is 0 Å². The van der Waals surface area contributed by atoms with Crippen LogP contribution in [0, 0.1) is 5.41 Å². The van der Waals surface area contributed by atoms with E-state index < -0.39 is 0 Å². The van der Waals surface area contributed by atoms with Crippen LogP contribution in [0.2, 0.25) is 0 Å². The van der Waals surface area contributed by atoms with E-state index in [0.717, 1.165) is 6.42 Å². The van der Waals surface area contributed by atoms with E-state index in [2.05, 4.69) is 32.9 Å². The number of aliphatic hydroxyl groups is 1. The third-order valence-corrected chi connectivity index (χ3v) is 3.41. The number of unbranched alkanes of at least 4 members (excludes halogenated alkanes) is 3. The molecule has 1 unspecified atom stereocenters. The molecule has 0 aromatic rings. The molecule has 0 aliphatic rings. The van der Waals surface area contributed by atoms with Gasteiger partial charge in [0.2, 0.25) is 0 Å². The van der Waals surface area contributed by atoms with E-state index in [9.17, 15) is 5.11 Å². The fourth-order valence-electron chi connectivity index (χ4n) is 2.60. The highest BCUT2D eigenvalue weighted by Gasteiger charge is 2.24. The van der Waals surface area contributed by atoms with Gasteiger partial charge in [-0.25, -0.2) is 0 Å². The third-order valence-electron chi connectivity index (χ3n) is 3.41. The first kappa shape index (κ1) is 15.7. The summed E-state index contributed by atoms with van der Waals surface area (Å²) >= 11 is 0. The second kappa shape index (κ2) is 9.89. The van der Waals surface area contributed by atoms with Gasteiger partial charge in [-0.05, 0) is 31.6 Å². The number of aliphatic hydroxyl groups excluding tert-OH is 1. The first-order valence-corrected chi connectivity index (χ1v) is 6.99. The summed E-state index contributed by atoms with van der Waals surface area (Å²) in [4.78, 5) is 0. The molecule has 0 spiro atoms. The quantitative estimate of drug-likeness (QED) is 0.423. The van der Waals surface area contributed by atoms with E-state index in [4.69, 9.17) is 0 Å². The van der Waals surface area contributed by atoms with Gasteiger partial charge in [-0.1, -0.05) is 58.1 Å². The number of hydrogen-bond donors (Lipinski definition) is 1. The van der Waals surface area contributed by atoms with Gasteiger partial charge >= 0.3 is 0 Å². The molecule has 0 aliphatic heterocycles. The summed E-state index contributed by atoms with van der Waals surface area (Å²) in [5, 5.41) is 9.22. The Morgan fingerprint density at radius 2 is 1.69 bits per heavy atom. The highest BCUT2D eigenvalue weighted by Crippen LogP contribution is 2.36. The Morgan fingerprint density at radius 3 is 2.19 bits per heavy atom. The van der Waals surface area contributed by atoms with Gasteiger partial charge in [0.05, 0.1) is 0 Å². The van der Waals surface area contributed by atoms with Crippen molar-refractivity contribution in [3.05, 3.63) is 12.2 Å². The van der Waals surface area contributed by atoms with Crippen molar-refractivity contribution >= 4 is 0 Å². The van der Waals surface area contributed by atoms with Gasteiger partial charge in [-0.15, -0.1) is 0 Å². The molecule has 1 atom stereocenters. The van der Waals surface area contributed by atoms with Gasteiger partial charge in [0.15, 0.2) is 0 Å². The van der Waals surface area contributed by atoms with Crippen molar-refractivity contribution in [3.8, 4) is 0 Å². The normalized spacial score (nSPS) is 15.5. The van der Waals surface area contributed by atoms with E-state index >= 15 is 0 Å². The van der Waals surface area contributed by atoms with E-state index in [-0.39, 0.29) is 5.41 Å². The maximum absolute atomic E-state index is 9.22. The molecule has 0 aromatic heterocycles. The molecular formula is C15H30O. The smallest absolute Gasteiger partial charge is 0.0439 e. The molecule has 0 heterocycles. The highest BCUT2D eigenvalue weighted by atomic mass is 16.3. The molecule has 1 N–H and O–H groups in total. The Balaban J connectivity index is 4.24. The third kappa shape index (κ3) is 6.32. The lowest BCUT2D eigenvalue weighted by Crippen LogP contribution is -2.19. The first-order chi connectivity index (χ1) is 7.74. The molecule has 0 aliphatic carbocycles. The average Bonchev–Trinajstić information content (AvgIpc) is 2.26. The summed E-state index contributed by atoms with van der Waals surface area (Å²) in [5.41, 5.74) is 0.270. The van der Waals surface area contributed by atoms with Gasteiger partial charge in [-0.3, -0.25) is 0 Å². The minimum Gasteiger partial charge on any atom is -0.396 e. The van der Waals surface area contributed by atoms with Crippen LogP contribution in [0.25, 0.3) is 0 Å². The molecule has 0 aromatic carbocycles. The summed E-state index contributed by atoms with van der Waals surface area (Å²) in [7, 11) is 0. The zero-order valence-corrected chi connectivity index (χ0v) is 11.5. The van der Waals surface area contributed by atoms with Crippen LogP contribution in [0.4, 0.5) is 0 Å². The lowest BCUT2D eigenvalue weighted by atomic mass is 9.76. The summed E-state index contributed by atoms with van der Waals surface area (Å²) in [6, 6.07) is 0. The van der Waals surface area contributed by atoms with Crippen molar-refractivity contribution in [2.75, 3.05) is 6.61 Å². The maximum Gasteiger partial charge on any atom is 0.0439 e. The van der Waals surface area contributed by atoms with Crippen LogP contribution >= 0.6 is 0 Å². The number of hydrogen-bond acceptors (Lipinski definition) is 1. The van der Waals surface area contributed by atoms with Crippen LogP contribution in [-0.2, 0) is 0 Å². The monoisotopic (exact) mass is 226 g/mol. The average molecular weight is 226 g/mol. The first-order valence-electron chi connectivity index (χ1n) is 6.99. The van der Waals surface area contributed by atoms with Crippen LogP contribution < -0.4 is 0 Å². The van der Waals surface area contributed by atoms with Crippen molar-refractivity contribution in [2.24, 2.45) is 5.41 Å². The SMILES string of the molecule is C/C=C/C(CCC)(CCO)CCCCCC. The van der Waals surface area contributed by atoms with Crippen molar-refractivity contribution < 1.29 is 5.11 Å². The predicted molar refractivity (Wildman–Crippen MR) is 72.6 cm³/mol. The van der Waals surface area contributed by atoms with Gasteiger partial charge < -0.3 is 5.11 Å². The Kier molecular flexibility index (Phi) is 9.71. The molecule has 0 bridgehead atoms. The molecule has 0 saturated carbocycles. The summed E-state index contributed by atoms with van der Waals surface area (Å²) in [6.45, 7) is 6.90. The zero-order chi connectivity index (χ0) is 12.3. The topological polar surface area (TPSA) is 20.2 Å². The summed E-state index contributed by atoms with van der Waals surface area (Å²) < 4.78 is 0. The van der Waals surface area contributed by atoms with Crippen molar-refractivity contribution in [1.82, 2.24) is 0 Å². The molecule has 0 rings (SSSR count). The Labute approximate surface area is 102 Å². The Hall–Kier alpha value is -0.300. The molecule has 0 saturated heterocycles. The van der Waals surface area contributed by atoms with Crippen LogP contribution in [-0.4, -0.2) is 11.7 Å². The zero-order valence-electron chi connectivity index (χ0n) is 11.5. The summed E-state index contributed by atoms with van der Waals surface area (Å²) in [6.07, 6.45) is 14.4. The minimum absolute atomic E-state index is 0.270. The van der Waals surface area contributed by atoms with E-state index in [0.29, 0.717) is 6.61 Å². The number of rotatable bonds is 10. The Bertz CT molecular complexity index is 166. The predicted octanol–water partition coefficient (Wildman–Crippen LogP) is 4.70. The van der Waals surface area contributed by atoms with Crippen LogP contribution in [0.5, 0.6) is 0 Å². The molecule has 16 heavy (non-hydrogen) atoms. The summed E-state index contributed by atoms with van der Waals surface area (Å²) in [5.74, 6) is 0. The second-order valence-electron chi connectivity index (χ2n) is 4.90. The maximum atomic E-state index is 9.22. The van der Waals surface area contributed by atoms with E-state index in [1.807, 2.05) is 0 Å². The Morgan fingerprint density at radius 1 is 0.938 bits per heavy atom. The van der Waals surface area contributed by atoms with Gasteiger partial charge in [0, 0.05) is 6.61 Å². The molecule has 0 amide bonds. The fourth-order valence-corrected chi connectivity index (χ4v) is 2.60. The molecule has 1 heteroatoms. The lowest BCUT2D eigenvalue weighted by molar-refractivity contribution is 0.195. The number of allylic oxidation sites excluding steroid dienone is 2. The lowest BCUT2D eigenvalue weighted by Gasteiger charge is -2.30. The van der Waals surface area contributed by atoms with Gasteiger partial charge in [-0.2, -0.15) is 0 Å². The van der Waals surface area contributed by atoms with Gasteiger partial charge in [0.25, 0.3) is 0 Å². The highest BCUT2D eigenvalue weighted by molar-refractivity contribution is 4.98. The van der Waals surface area contributed by atoms with Crippen LogP contribution in [0.1, 0.15) is 72.1 Å². The fraction of sp³-hybridized carbons (Fsp3) is 0.867. The van der Waals surface area contributed by atoms with Crippen molar-refractivity contribution in [3.63, 3.8) is 0 Å². The standard InChI is InChI=1S/C15H30O/c1-4-7-8-9-12-15(10-5-2,11-6-3)13-14-16/h5,10,16H,4,6-9,11-14H2,1-3H3/b10-5+. The largest absolute Gasteiger partial charge is 0.396 e. The molecule has 0 fully saturated rings. The van der Waals surface area contributed by atoms with E-state index in [1.165, 1.54) is 44.9 Å². The van der Waals surface area contributed by atoms with Crippen molar-refractivity contribution in [2.45, 2.75) is 72.1 Å². The molecular weight excluding hydrogens is 196 g/mol. The van der Waals surface area contributed by atoms with Crippen LogP contribution in [0.3, 0.4) is 0 Å². The molecule has 96 valence electrons. The van der Waals surface area contributed by atoms with E-state index in [1.54, 1.807) is 0 Å². The van der Waals surface area contributed by atoms with Crippen molar-refractivity contribution in [1.29, 1.82) is 0 Å². The minimum atomic E-state index is 0.270.